The predicted molar refractivity (Wildman–Crippen MR) is 69.6 cm³/mol. The fraction of sp³-hybridized carbons (Fsp3) is 0.231. The van der Waals surface area contributed by atoms with Crippen molar-refractivity contribution in [1.82, 2.24) is 4.68 Å². The van der Waals surface area contributed by atoms with Gasteiger partial charge in [0.1, 0.15) is 0 Å². The Morgan fingerprint density at radius 1 is 1.11 bits per heavy atom. The van der Waals surface area contributed by atoms with Crippen molar-refractivity contribution in [2.75, 3.05) is 11.2 Å². The van der Waals surface area contributed by atoms with E-state index in [9.17, 15) is 8.42 Å². The average Bonchev–Trinajstić information content (AvgIpc) is 2.86. The van der Waals surface area contributed by atoms with Gasteiger partial charge in [0.05, 0.1) is 16.7 Å². The Hall–Kier alpha value is -1.75. The number of benzene rings is 1. The molecule has 1 aromatic heterocycles. The summed E-state index contributed by atoms with van der Waals surface area (Å²) in [6.45, 7) is 0. The van der Waals surface area contributed by atoms with Crippen LogP contribution < -0.4 is 5.43 Å². The zero-order chi connectivity index (χ0) is 12.6. The number of fused-ring (bicyclic) bond motifs is 1. The molecule has 0 aliphatic carbocycles. The number of nitrogens with zero attached hydrogens (tertiary/aromatic N) is 1. The summed E-state index contributed by atoms with van der Waals surface area (Å²) in [7, 11) is -3.10. The molecule has 94 valence electrons. The summed E-state index contributed by atoms with van der Waals surface area (Å²) in [5, 5.41) is 0. The van der Waals surface area contributed by atoms with E-state index in [-0.39, 0.29) is 11.8 Å². The van der Waals surface area contributed by atoms with Gasteiger partial charge in [-0.05, 0) is 30.2 Å². The minimum Gasteiger partial charge on any atom is -0.319 e. The van der Waals surface area contributed by atoms with E-state index in [4.69, 9.17) is 0 Å². The van der Waals surface area contributed by atoms with Crippen LogP contribution in [0.5, 0.6) is 0 Å². The lowest BCUT2D eigenvalue weighted by Gasteiger charge is -2.27. The van der Waals surface area contributed by atoms with Crippen LogP contribution in [0, 0.1) is 0 Å². The first-order valence-electron chi connectivity index (χ1n) is 5.88. The number of hydrogen-bond acceptors (Lipinski definition) is 3. The molecule has 4 nitrogen and oxygen atoms in total. The highest BCUT2D eigenvalue weighted by atomic mass is 32.2. The van der Waals surface area contributed by atoms with E-state index in [1.165, 1.54) is 0 Å². The highest BCUT2D eigenvalue weighted by Crippen LogP contribution is 2.32. The predicted octanol–water partition coefficient (Wildman–Crippen LogP) is 1.95. The van der Waals surface area contributed by atoms with Crippen LogP contribution in [0.3, 0.4) is 0 Å². The van der Waals surface area contributed by atoms with Crippen LogP contribution in [0.1, 0.15) is 18.0 Å². The van der Waals surface area contributed by atoms with Crippen LogP contribution in [0.2, 0.25) is 0 Å². The van der Waals surface area contributed by atoms with Crippen molar-refractivity contribution in [3.8, 4) is 0 Å². The number of hydrogen-bond donors (Lipinski definition) is 1. The van der Waals surface area contributed by atoms with Crippen molar-refractivity contribution in [1.29, 1.82) is 0 Å². The van der Waals surface area contributed by atoms with Gasteiger partial charge in [-0.3, -0.25) is 4.68 Å². The number of sulfone groups is 1. The van der Waals surface area contributed by atoms with Crippen molar-refractivity contribution in [3.05, 3.63) is 54.4 Å². The van der Waals surface area contributed by atoms with Gasteiger partial charge in [0.2, 0.25) is 0 Å². The lowest BCUT2D eigenvalue weighted by molar-refractivity contribution is 0.564. The van der Waals surface area contributed by atoms with Gasteiger partial charge in [-0.15, -0.1) is 0 Å². The summed E-state index contributed by atoms with van der Waals surface area (Å²) in [4.78, 5) is 0.459. The average molecular weight is 262 g/mol. The molecule has 1 N–H and O–H groups in total. The molecule has 0 radical (unpaired) electrons. The number of rotatable bonds is 2. The van der Waals surface area contributed by atoms with Crippen molar-refractivity contribution in [3.63, 3.8) is 0 Å². The Labute approximate surface area is 106 Å². The standard InChI is InChI=1S/C13H14N2O2S/c16-18(17)10-7-12(14-15-8-3-4-9-15)11-5-1-2-6-13(11)18/h1-6,8-9,12,14H,7,10H2. The van der Waals surface area contributed by atoms with Crippen LogP contribution in [-0.2, 0) is 9.84 Å². The molecule has 1 aliphatic heterocycles. The van der Waals surface area contributed by atoms with Gasteiger partial charge in [-0.25, -0.2) is 8.42 Å². The Morgan fingerprint density at radius 3 is 2.61 bits per heavy atom. The fourth-order valence-corrected chi connectivity index (χ4v) is 3.95. The van der Waals surface area contributed by atoms with Crippen molar-refractivity contribution >= 4 is 9.84 Å². The first kappa shape index (κ1) is 11.3. The molecule has 2 heterocycles. The summed E-state index contributed by atoms with van der Waals surface area (Å²) < 4.78 is 25.8. The molecule has 18 heavy (non-hydrogen) atoms. The lowest BCUT2D eigenvalue weighted by Crippen LogP contribution is -2.28. The Balaban J connectivity index is 2.00. The summed E-state index contributed by atoms with van der Waals surface area (Å²) in [6.07, 6.45) is 4.41. The molecule has 0 fully saturated rings. The van der Waals surface area contributed by atoms with Gasteiger partial charge in [0.25, 0.3) is 0 Å². The molecule has 1 unspecified atom stereocenters. The third-order valence-corrected chi connectivity index (χ3v) is 5.03. The second-order valence-electron chi connectivity index (χ2n) is 4.42. The molecule has 5 heteroatoms. The maximum absolute atomic E-state index is 12.0. The van der Waals surface area contributed by atoms with Crippen LogP contribution in [0.15, 0.2) is 53.7 Å². The molecular formula is C13H14N2O2S. The molecule has 1 atom stereocenters. The summed E-state index contributed by atoms with van der Waals surface area (Å²) in [5.74, 6) is 0.197. The Kier molecular flexibility index (Phi) is 2.63. The van der Waals surface area contributed by atoms with E-state index < -0.39 is 9.84 Å². The third kappa shape index (κ3) is 1.90. The highest BCUT2D eigenvalue weighted by Gasteiger charge is 2.29. The summed E-state index contributed by atoms with van der Waals surface area (Å²) in [5.41, 5.74) is 4.17. The lowest BCUT2D eigenvalue weighted by atomic mass is 10.0. The second kappa shape index (κ2) is 4.17. The van der Waals surface area contributed by atoms with Crippen LogP contribution >= 0.6 is 0 Å². The molecule has 1 aliphatic rings. The maximum atomic E-state index is 12.0. The quantitative estimate of drug-likeness (QED) is 0.900. The zero-order valence-electron chi connectivity index (χ0n) is 9.78. The smallest absolute Gasteiger partial charge is 0.178 e. The van der Waals surface area contributed by atoms with Gasteiger partial charge in [0, 0.05) is 12.4 Å². The minimum atomic E-state index is -3.10. The second-order valence-corrected chi connectivity index (χ2v) is 6.49. The SMILES string of the molecule is O=S1(=O)CCC(Nn2cccc2)c2ccccc21. The first-order valence-corrected chi connectivity index (χ1v) is 7.53. The van der Waals surface area contributed by atoms with Crippen LogP contribution in [-0.4, -0.2) is 18.8 Å². The molecule has 0 saturated carbocycles. The van der Waals surface area contributed by atoms with Gasteiger partial charge >= 0.3 is 0 Å². The van der Waals surface area contributed by atoms with Crippen molar-refractivity contribution in [2.24, 2.45) is 0 Å². The van der Waals surface area contributed by atoms with Gasteiger partial charge in [0.15, 0.2) is 9.84 Å². The number of aromatic nitrogens is 1. The Morgan fingerprint density at radius 2 is 1.83 bits per heavy atom. The minimum absolute atomic E-state index is 0.0390. The van der Waals surface area contributed by atoms with E-state index in [0.717, 1.165) is 5.56 Å². The zero-order valence-corrected chi connectivity index (χ0v) is 10.6. The molecule has 0 saturated heterocycles. The van der Waals surface area contributed by atoms with Gasteiger partial charge in [-0.2, -0.15) is 0 Å². The van der Waals surface area contributed by atoms with Gasteiger partial charge < -0.3 is 5.43 Å². The topological polar surface area (TPSA) is 51.1 Å². The normalized spacial score (nSPS) is 21.2. The molecule has 2 aromatic rings. The van der Waals surface area contributed by atoms with Crippen molar-refractivity contribution < 1.29 is 8.42 Å². The molecule has 1 aromatic carbocycles. The third-order valence-electron chi connectivity index (χ3n) is 3.21. The van der Waals surface area contributed by atoms with E-state index in [0.29, 0.717) is 11.3 Å². The Bertz CT molecular complexity index is 647. The summed E-state index contributed by atoms with van der Waals surface area (Å²) >= 11 is 0. The molecular weight excluding hydrogens is 248 g/mol. The summed E-state index contributed by atoms with van der Waals surface area (Å²) in [6, 6.07) is 11.1. The van der Waals surface area contributed by atoms with E-state index >= 15 is 0 Å². The van der Waals surface area contributed by atoms with Gasteiger partial charge in [-0.1, -0.05) is 18.2 Å². The van der Waals surface area contributed by atoms with Crippen LogP contribution in [0.4, 0.5) is 0 Å². The van der Waals surface area contributed by atoms with Crippen LogP contribution in [0.25, 0.3) is 0 Å². The molecule has 0 bridgehead atoms. The molecule has 3 rings (SSSR count). The molecule has 0 spiro atoms. The number of nitrogens with one attached hydrogen (secondary N) is 1. The van der Waals surface area contributed by atoms with E-state index in [2.05, 4.69) is 5.43 Å². The maximum Gasteiger partial charge on any atom is 0.178 e. The highest BCUT2D eigenvalue weighted by molar-refractivity contribution is 7.91. The monoisotopic (exact) mass is 262 g/mol. The largest absolute Gasteiger partial charge is 0.319 e. The molecule has 0 amide bonds. The first-order chi connectivity index (χ1) is 8.67. The fourth-order valence-electron chi connectivity index (χ4n) is 2.32. The van der Waals surface area contributed by atoms with E-state index in [1.807, 2.05) is 41.3 Å². The van der Waals surface area contributed by atoms with Crippen molar-refractivity contribution in [2.45, 2.75) is 17.4 Å². The van der Waals surface area contributed by atoms with E-state index in [1.54, 1.807) is 12.1 Å².